The highest BCUT2D eigenvalue weighted by Crippen LogP contribution is 2.32. The topological polar surface area (TPSA) is 40.5 Å². The van der Waals surface area contributed by atoms with E-state index in [1.807, 2.05) is 6.07 Å². The number of phenolic OH excluding ortho intramolecular Hbond substituents is 2. The summed E-state index contributed by atoms with van der Waals surface area (Å²) in [4.78, 5) is 0. The lowest BCUT2D eigenvalue weighted by Crippen LogP contribution is -2.46. The Bertz CT molecular complexity index is 332. The van der Waals surface area contributed by atoms with Crippen molar-refractivity contribution in [1.82, 2.24) is 4.48 Å². The quantitative estimate of drug-likeness (QED) is 0.561. The second kappa shape index (κ2) is 3.50. The van der Waals surface area contributed by atoms with Crippen molar-refractivity contribution in [3.05, 3.63) is 18.2 Å². The Kier molecular flexibility index (Phi) is 2.71. The van der Waals surface area contributed by atoms with E-state index >= 15 is 0 Å². The minimum atomic E-state index is -0.0718. The Morgan fingerprint density at radius 1 is 1.07 bits per heavy atom. The summed E-state index contributed by atoms with van der Waals surface area (Å²) in [6.07, 6.45) is 0. The molecule has 0 radical (unpaired) electrons. The van der Waals surface area contributed by atoms with Crippen LogP contribution in [0, 0.1) is 0 Å². The molecule has 0 amide bonds. The van der Waals surface area contributed by atoms with Gasteiger partial charge in [-0.3, -0.25) is 4.48 Å². The summed E-state index contributed by atoms with van der Waals surface area (Å²) >= 11 is 0. The molecule has 0 heterocycles. The first-order chi connectivity index (χ1) is 6.35. The van der Waals surface area contributed by atoms with Gasteiger partial charge >= 0.3 is 0 Å². The molecule has 3 heteroatoms. The Balaban J connectivity index is 3.14. The number of aromatic hydroxyl groups is 2. The number of rotatable bonds is 2. The van der Waals surface area contributed by atoms with Crippen LogP contribution in [0.25, 0.3) is 0 Å². The van der Waals surface area contributed by atoms with Crippen LogP contribution in [0.1, 0.15) is 13.8 Å². The lowest BCUT2D eigenvalue weighted by atomic mass is 10.2. The van der Waals surface area contributed by atoms with Gasteiger partial charge in [0.2, 0.25) is 0 Å². The highest BCUT2D eigenvalue weighted by molar-refractivity contribution is 5.52. The van der Waals surface area contributed by atoms with Crippen LogP contribution in [-0.2, 0) is 0 Å². The monoisotopic (exact) mass is 196 g/mol. The van der Waals surface area contributed by atoms with Crippen molar-refractivity contribution in [2.45, 2.75) is 19.9 Å². The van der Waals surface area contributed by atoms with Crippen molar-refractivity contribution in [3.63, 3.8) is 0 Å². The highest BCUT2D eigenvalue weighted by Gasteiger charge is 2.23. The van der Waals surface area contributed by atoms with Crippen molar-refractivity contribution in [2.75, 3.05) is 14.1 Å². The van der Waals surface area contributed by atoms with Gasteiger partial charge in [0.05, 0.1) is 20.1 Å². The molecular weight excluding hydrogens is 178 g/mol. The molecule has 14 heavy (non-hydrogen) atoms. The minimum Gasteiger partial charge on any atom is -0.504 e. The molecular formula is C11H18NO2+. The molecule has 0 bridgehead atoms. The summed E-state index contributed by atoms with van der Waals surface area (Å²) in [5.41, 5.74) is 0.982. The van der Waals surface area contributed by atoms with Crippen LogP contribution in [0.4, 0.5) is 5.69 Å². The average Bonchev–Trinajstić information content (AvgIpc) is 2.09. The fourth-order valence-corrected chi connectivity index (χ4v) is 1.17. The van der Waals surface area contributed by atoms with E-state index in [0.717, 1.165) is 5.69 Å². The normalized spacial score (nSPS) is 12.1. The lowest BCUT2D eigenvalue weighted by molar-refractivity contribution is 0.326. The lowest BCUT2D eigenvalue weighted by Gasteiger charge is -2.33. The Labute approximate surface area is 84.8 Å². The number of nitrogens with zero attached hydrogens (tertiary/aromatic N) is 1. The van der Waals surface area contributed by atoms with Crippen LogP contribution in [-0.4, -0.2) is 30.4 Å². The van der Waals surface area contributed by atoms with Crippen molar-refractivity contribution >= 4 is 5.69 Å². The van der Waals surface area contributed by atoms with Gasteiger partial charge in [-0.05, 0) is 19.9 Å². The first-order valence-corrected chi connectivity index (χ1v) is 4.72. The standard InChI is InChI=1S/C11H17NO2/c1-8(2)12(3,4)9-5-6-10(13)11(14)7-9/h5-8H,1-4H3,(H-,13,14)/p+1. The molecule has 1 aromatic rings. The second-order valence-electron chi connectivity index (χ2n) is 4.31. The molecule has 0 saturated carbocycles. The van der Waals surface area contributed by atoms with E-state index < -0.39 is 0 Å². The van der Waals surface area contributed by atoms with E-state index in [2.05, 4.69) is 27.9 Å². The molecule has 0 unspecified atom stereocenters. The molecule has 0 atom stereocenters. The molecule has 0 aliphatic rings. The van der Waals surface area contributed by atoms with Gasteiger partial charge in [-0.1, -0.05) is 0 Å². The number of hydrogen-bond acceptors (Lipinski definition) is 2. The van der Waals surface area contributed by atoms with Crippen molar-refractivity contribution in [3.8, 4) is 11.5 Å². The molecule has 0 aliphatic carbocycles. The van der Waals surface area contributed by atoms with E-state index in [4.69, 9.17) is 0 Å². The van der Waals surface area contributed by atoms with E-state index in [1.165, 1.54) is 6.07 Å². The largest absolute Gasteiger partial charge is 0.504 e. The summed E-state index contributed by atoms with van der Waals surface area (Å²) in [6.45, 7) is 4.23. The molecule has 0 aliphatic heterocycles. The molecule has 2 N–H and O–H groups in total. The summed E-state index contributed by atoms with van der Waals surface area (Å²) in [5, 5.41) is 18.6. The zero-order valence-electron chi connectivity index (χ0n) is 9.15. The van der Waals surface area contributed by atoms with E-state index in [1.54, 1.807) is 6.07 Å². The fraction of sp³-hybridized carbons (Fsp3) is 0.455. The van der Waals surface area contributed by atoms with E-state index in [9.17, 15) is 10.2 Å². The first-order valence-electron chi connectivity index (χ1n) is 4.72. The third kappa shape index (κ3) is 1.82. The Morgan fingerprint density at radius 2 is 1.64 bits per heavy atom. The third-order valence-corrected chi connectivity index (χ3v) is 2.92. The van der Waals surface area contributed by atoms with Crippen LogP contribution in [0.5, 0.6) is 11.5 Å². The maximum Gasteiger partial charge on any atom is 0.163 e. The van der Waals surface area contributed by atoms with Crippen LogP contribution in [0.3, 0.4) is 0 Å². The molecule has 0 fully saturated rings. The van der Waals surface area contributed by atoms with Crippen molar-refractivity contribution in [2.24, 2.45) is 0 Å². The number of phenols is 2. The number of benzene rings is 1. The van der Waals surface area contributed by atoms with Gasteiger partial charge in [-0.25, -0.2) is 0 Å². The number of hydrogen-bond donors (Lipinski definition) is 2. The van der Waals surface area contributed by atoms with E-state index in [-0.39, 0.29) is 11.5 Å². The summed E-state index contributed by atoms with van der Waals surface area (Å²) in [5.74, 6) is -0.133. The summed E-state index contributed by atoms with van der Waals surface area (Å²) in [6, 6.07) is 5.37. The zero-order chi connectivity index (χ0) is 10.9. The van der Waals surface area contributed by atoms with Crippen molar-refractivity contribution < 1.29 is 10.2 Å². The Hall–Kier alpha value is -1.22. The van der Waals surface area contributed by atoms with E-state index in [0.29, 0.717) is 10.5 Å². The van der Waals surface area contributed by atoms with Crippen LogP contribution in [0.2, 0.25) is 0 Å². The van der Waals surface area contributed by atoms with Gasteiger partial charge in [-0.15, -0.1) is 0 Å². The van der Waals surface area contributed by atoms with Gasteiger partial charge in [0.25, 0.3) is 0 Å². The maximum atomic E-state index is 9.39. The Morgan fingerprint density at radius 3 is 2.07 bits per heavy atom. The van der Waals surface area contributed by atoms with Gasteiger partial charge in [0, 0.05) is 12.1 Å². The summed E-state index contributed by atoms with van der Waals surface area (Å²) in [7, 11) is 4.13. The van der Waals surface area contributed by atoms with Gasteiger partial charge < -0.3 is 10.2 Å². The van der Waals surface area contributed by atoms with Gasteiger partial charge in [0.1, 0.15) is 5.69 Å². The van der Waals surface area contributed by atoms with Crippen molar-refractivity contribution in [1.29, 1.82) is 0 Å². The molecule has 0 spiro atoms. The van der Waals surface area contributed by atoms with Crippen LogP contribution >= 0.6 is 0 Å². The molecule has 78 valence electrons. The average molecular weight is 196 g/mol. The highest BCUT2D eigenvalue weighted by atomic mass is 16.3. The molecule has 3 nitrogen and oxygen atoms in total. The fourth-order valence-electron chi connectivity index (χ4n) is 1.17. The smallest absolute Gasteiger partial charge is 0.163 e. The molecule has 1 rings (SSSR count). The maximum absolute atomic E-state index is 9.39. The van der Waals surface area contributed by atoms with Crippen LogP contribution < -0.4 is 4.48 Å². The second-order valence-corrected chi connectivity index (χ2v) is 4.31. The third-order valence-electron chi connectivity index (χ3n) is 2.92. The molecule has 1 aromatic carbocycles. The molecule has 0 saturated heterocycles. The van der Waals surface area contributed by atoms with Gasteiger partial charge in [0.15, 0.2) is 11.5 Å². The summed E-state index contributed by atoms with van der Waals surface area (Å²) < 4.78 is 0.674. The zero-order valence-corrected chi connectivity index (χ0v) is 9.15. The minimum absolute atomic E-state index is 0.0608. The predicted molar refractivity (Wildman–Crippen MR) is 58.5 cm³/mol. The van der Waals surface area contributed by atoms with Crippen LogP contribution in [0.15, 0.2) is 18.2 Å². The van der Waals surface area contributed by atoms with Gasteiger partial charge in [-0.2, -0.15) is 0 Å². The number of quaternary nitrogens is 1. The SMILES string of the molecule is CC(C)[N+](C)(C)c1ccc(O)c(O)c1. The molecule has 0 aromatic heterocycles. The predicted octanol–water partition coefficient (Wildman–Crippen LogP) is 2.07. The first kappa shape index (κ1) is 10.9.